The molecule has 2 atom stereocenters. The summed E-state index contributed by atoms with van der Waals surface area (Å²) in [7, 11) is 3.82. The average molecular weight is 557 g/mol. The Hall–Kier alpha value is -4.19. The molecule has 1 amide bonds. The van der Waals surface area contributed by atoms with Gasteiger partial charge in [-0.3, -0.25) is 14.5 Å². The van der Waals surface area contributed by atoms with E-state index < -0.39 is 34.6 Å². The van der Waals surface area contributed by atoms with Crippen LogP contribution in [0.3, 0.4) is 0 Å². The smallest absolute Gasteiger partial charge is 0.367 e. The lowest BCUT2D eigenvalue weighted by Crippen LogP contribution is -2.55. The zero-order valence-electron chi connectivity index (χ0n) is 22.3. The quantitative estimate of drug-likeness (QED) is 0.351. The molecule has 5 rings (SSSR count). The third-order valence-corrected chi connectivity index (χ3v) is 7.54. The zero-order valence-corrected chi connectivity index (χ0v) is 22.3. The van der Waals surface area contributed by atoms with Crippen LogP contribution in [-0.2, 0) is 13.2 Å². The van der Waals surface area contributed by atoms with E-state index in [4.69, 9.17) is 0 Å². The van der Waals surface area contributed by atoms with Gasteiger partial charge in [0.1, 0.15) is 5.82 Å². The number of rotatable bonds is 4. The highest BCUT2D eigenvalue weighted by atomic mass is 19.4. The van der Waals surface area contributed by atoms with Crippen molar-refractivity contribution in [3.63, 3.8) is 0 Å². The van der Waals surface area contributed by atoms with E-state index in [1.165, 1.54) is 12.1 Å². The van der Waals surface area contributed by atoms with E-state index in [9.17, 15) is 22.8 Å². The van der Waals surface area contributed by atoms with Gasteiger partial charge < -0.3 is 19.8 Å². The Bertz CT molecular complexity index is 1650. The van der Waals surface area contributed by atoms with Crippen molar-refractivity contribution in [1.29, 1.82) is 0 Å². The summed E-state index contributed by atoms with van der Waals surface area (Å²) in [5, 5.41) is 2.57. The molecule has 2 N–H and O–H groups in total. The summed E-state index contributed by atoms with van der Waals surface area (Å²) in [5.74, 6) is -1.64. The van der Waals surface area contributed by atoms with Crippen LogP contribution in [0.15, 0.2) is 53.7 Å². The summed E-state index contributed by atoms with van der Waals surface area (Å²) in [4.78, 5) is 35.4. The van der Waals surface area contributed by atoms with E-state index in [1.807, 2.05) is 37.4 Å². The first-order chi connectivity index (χ1) is 18.8. The largest absolute Gasteiger partial charge is 0.417 e. The Balaban J connectivity index is 1.62. The number of nitrogens with zero attached hydrogens (tertiary/aromatic N) is 4. The van der Waals surface area contributed by atoms with E-state index in [2.05, 4.69) is 20.2 Å². The number of piperazine rings is 1. The fraction of sp³-hybridized carbons (Fsp3) is 0.321. The van der Waals surface area contributed by atoms with Gasteiger partial charge in [-0.2, -0.15) is 13.2 Å². The molecule has 0 aliphatic carbocycles. The molecule has 0 bridgehead atoms. The number of benzene rings is 2. The molecule has 1 aliphatic rings. The summed E-state index contributed by atoms with van der Waals surface area (Å²) < 4.78 is 58.6. The number of amides is 1. The molecule has 2 aromatic carbocycles. The number of hydrogen-bond donors (Lipinski definition) is 2. The van der Waals surface area contributed by atoms with Gasteiger partial charge in [0.2, 0.25) is 5.56 Å². The predicted molar refractivity (Wildman–Crippen MR) is 145 cm³/mol. The molecule has 210 valence electrons. The summed E-state index contributed by atoms with van der Waals surface area (Å²) >= 11 is 0. The topological polar surface area (TPSA) is 86.3 Å². The first kappa shape index (κ1) is 27.4. The van der Waals surface area contributed by atoms with Crippen molar-refractivity contribution in [3.05, 3.63) is 76.2 Å². The number of aryl methyl sites for hydroxylation is 1. The highest BCUT2D eigenvalue weighted by molar-refractivity contribution is 6.07. The van der Waals surface area contributed by atoms with Crippen molar-refractivity contribution < 1.29 is 22.4 Å². The van der Waals surface area contributed by atoms with Crippen LogP contribution < -0.4 is 15.8 Å². The van der Waals surface area contributed by atoms with E-state index >= 15 is 4.39 Å². The average Bonchev–Trinajstić information content (AvgIpc) is 3.27. The van der Waals surface area contributed by atoms with E-state index in [0.717, 1.165) is 11.7 Å². The molecule has 4 aromatic rings. The number of halogens is 4. The Morgan fingerprint density at radius 2 is 1.77 bits per heavy atom. The van der Waals surface area contributed by atoms with E-state index in [1.54, 1.807) is 24.5 Å². The maximum Gasteiger partial charge on any atom is 0.417 e. The second-order valence-electron chi connectivity index (χ2n) is 10.3. The molecule has 8 nitrogen and oxygen atoms in total. The molecule has 0 unspecified atom stereocenters. The van der Waals surface area contributed by atoms with Crippen LogP contribution in [0.1, 0.15) is 29.8 Å². The van der Waals surface area contributed by atoms with Crippen LogP contribution in [0.5, 0.6) is 0 Å². The fourth-order valence-electron chi connectivity index (χ4n) is 5.13. The third kappa shape index (κ3) is 5.06. The Morgan fingerprint density at radius 1 is 1.07 bits per heavy atom. The number of fused-ring (bicyclic) bond motifs is 1. The van der Waals surface area contributed by atoms with Gasteiger partial charge in [0.05, 0.1) is 39.9 Å². The minimum Gasteiger partial charge on any atom is -0.367 e. The molecule has 40 heavy (non-hydrogen) atoms. The van der Waals surface area contributed by atoms with Crippen LogP contribution >= 0.6 is 0 Å². The summed E-state index contributed by atoms with van der Waals surface area (Å²) in [6, 6.07) is 8.49. The first-order valence-electron chi connectivity index (χ1n) is 12.7. The molecule has 1 saturated heterocycles. The van der Waals surface area contributed by atoms with Crippen molar-refractivity contribution in [2.24, 2.45) is 7.05 Å². The highest BCUT2D eigenvalue weighted by Crippen LogP contribution is 2.38. The number of H-pyrrole nitrogens is 1. The molecule has 12 heteroatoms. The van der Waals surface area contributed by atoms with Gasteiger partial charge in [-0.05, 0) is 50.7 Å². The maximum absolute atomic E-state index is 15.7. The number of anilines is 2. The highest BCUT2D eigenvalue weighted by Gasteiger charge is 2.36. The minimum atomic E-state index is -4.93. The second-order valence-corrected chi connectivity index (χ2v) is 10.3. The number of carbonyl (C=O) groups is 1. The van der Waals surface area contributed by atoms with Gasteiger partial charge >= 0.3 is 6.18 Å². The SMILES string of the molecule is C[C@@H]1CN(c2cc(F)c(-c3ccc4c(c3)ncn4C)cc2NC(=O)c2c[nH]c(=O)cc2C(F)(F)F)C[C@H](C)N1C. The van der Waals surface area contributed by atoms with Crippen LogP contribution in [0.25, 0.3) is 22.2 Å². The van der Waals surface area contributed by atoms with Gasteiger partial charge in [-0.1, -0.05) is 6.07 Å². The molecular weight excluding hydrogens is 528 g/mol. The van der Waals surface area contributed by atoms with Crippen molar-refractivity contribution >= 4 is 28.3 Å². The second kappa shape index (κ2) is 10.1. The Morgan fingerprint density at radius 3 is 2.45 bits per heavy atom. The molecule has 1 aliphatic heterocycles. The van der Waals surface area contributed by atoms with Gasteiger partial charge in [0.25, 0.3) is 5.91 Å². The number of pyridine rings is 1. The van der Waals surface area contributed by atoms with Crippen molar-refractivity contribution in [2.75, 3.05) is 30.4 Å². The predicted octanol–water partition coefficient (Wildman–Crippen LogP) is 4.87. The summed E-state index contributed by atoms with van der Waals surface area (Å²) in [6.45, 7) is 5.05. The van der Waals surface area contributed by atoms with Gasteiger partial charge in [-0.25, -0.2) is 9.37 Å². The minimum absolute atomic E-state index is 0.0950. The molecule has 0 radical (unpaired) electrons. The number of alkyl halides is 3. The molecule has 0 saturated carbocycles. The van der Waals surface area contributed by atoms with Crippen molar-refractivity contribution in [3.8, 4) is 11.1 Å². The van der Waals surface area contributed by atoms with Crippen molar-refractivity contribution in [1.82, 2.24) is 19.4 Å². The summed E-state index contributed by atoms with van der Waals surface area (Å²) in [5.41, 5.74) is -0.487. The standard InChI is InChI=1S/C28H28F4N6O2/c1-15-12-38(13-16(2)37(15)4)25-10-21(29)18(17-5-6-24-22(7-17)34-14-36(24)3)8-23(25)35-27(40)19-11-33-26(39)9-20(19)28(30,31)32/h5-11,14-16H,12-13H2,1-4H3,(H,33,39)(H,35,40)/t15-,16+. The third-order valence-electron chi connectivity index (χ3n) is 7.54. The Labute approximate surface area is 227 Å². The van der Waals surface area contributed by atoms with Gasteiger partial charge in [-0.15, -0.1) is 0 Å². The van der Waals surface area contributed by atoms with Crippen LogP contribution in [0.2, 0.25) is 0 Å². The van der Waals surface area contributed by atoms with Crippen LogP contribution in [0.4, 0.5) is 28.9 Å². The van der Waals surface area contributed by atoms with Crippen LogP contribution in [0, 0.1) is 5.82 Å². The number of aromatic nitrogens is 3. The number of aromatic amines is 1. The first-order valence-corrected chi connectivity index (χ1v) is 12.7. The molecular formula is C28H28F4N6O2. The maximum atomic E-state index is 15.7. The number of imidazole rings is 1. The van der Waals surface area contributed by atoms with E-state index in [-0.39, 0.29) is 23.3 Å². The van der Waals surface area contributed by atoms with E-state index in [0.29, 0.717) is 35.9 Å². The summed E-state index contributed by atoms with van der Waals surface area (Å²) in [6.07, 6.45) is -2.56. The number of likely N-dealkylation sites (N-methyl/N-ethyl adjacent to an activating group) is 1. The Kier molecular flexibility index (Phi) is 6.90. The molecule has 0 spiro atoms. The van der Waals surface area contributed by atoms with Gasteiger partial charge in [0, 0.05) is 50.0 Å². The lowest BCUT2D eigenvalue weighted by Gasteiger charge is -2.44. The van der Waals surface area contributed by atoms with Crippen molar-refractivity contribution in [2.45, 2.75) is 32.1 Å². The lowest BCUT2D eigenvalue weighted by atomic mass is 10.0. The zero-order chi connectivity index (χ0) is 28.9. The van der Waals surface area contributed by atoms with Gasteiger partial charge in [0.15, 0.2) is 0 Å². The number of hydrogen-bond acceptors (Lipinski definition) is 5. The number of nitrogens with one attached hydrogen (secondary N) is 2. The molecule has 3 heterocycles. The normalized spacial score (nSPS) is 18.4. The lowest BCUT2D eigenvalue weighted by molar-refractivity contribution is -0.138. The fourth-order valence-corrected chi connectivity index (χ4v) is 5.13. The van der Waals surface area contributed by atoms with Crippen LogP contribution in [-0.4, -0.2) is 57.6 Å². The number of carbonyl (C=O) groups excluding carboxylic acids is 1. The molecule has 2 aromatic heterocycles. The molecule has 1 fully saturated rings. The monoisotopic (exact) mass is 556 g/mol.